The van der Waals surface area contributed by atoms with Gasteiger partial charge in [0.25, 0.3) is 0 Å². The van der Waals surface area contributed by atoms with Gasteiger partial charge in [0, 0.05) is 28.6 Å². The maximum absolute atomic E-state index is 12.4. The van der Waals surface area contributed by atoms with Gasteiger partial charge in [0.15, 0.2) is 0 Å². The third kappa shape index (κ3) is 2.32. The summed E-state index contributed by atoms with van der Waals surface area (Å²) in [7, 11) is 0.992. The number of aryl methyl sites for hydroxylation is 1. The molecule has 1 fully saturated rings. The standard InChI is InChI=1S/C15H21NO2S/c1-3-11-9-19(17)14-7-5-10-4-6-12(18-2)8-13(10)15(14)16-11/h4,6,8,11,14-16H,3,5,7,9H2,1-2H3. The lowest BCUT2D eigenvalue weighted by Crippen LogP contribution is -2.51. The topological polar surface area (TPSA) is 38.3 Å². The monoisotopic (exact) mass is 279 g/mol. The van der Waals surface area contributed by atoms with Gasteiger partial charge in [0.05, 0.1) is 12.4 Å². The van der Waals surface area contributed by atoms with Crippen LogP contribution in [0.2, 0.25) is 0 Å². The number of fused-ring (bicyclic) bond motifs is 3. The summed E-state index contributed by atoms with van der Waals surface area (Å²) >= 11 is 0. The number of methoxy groups -OCH3 is 1. The van der Waals surface area contributed by atoms with Crippen LogP contribution in [0.4, 0.5) is 0 Å². The third-order valence-electron chi connectivity index (χ3n) is 4.37. The first kappa shape index (κ1) is 13.1. The fourth-order valence-corrected chi connectivity index (χ4v) is 5.11. The average molecular weight is 279 g/mol. The molecule has 1 aromatic carbocycles. The predicted octanol–water partition coefficient (Wildman–Crippen LogP) is 2.18. The quantitative estimate of drug-likeness (QED) is 0.902. The van der Waals surface area contributed by atoms with Crippen LogP contribution in [0, 0.1) is 0 Å². The van der Waals surface area contributed by atoms with Crippen molar-refractivity contribution in [1.29, 1.82) is 0 Å². The highest BCUT2D eigenvalue weighted by molar-refractivity contribution is 7.85. The van der Waals surface area contributed by atoms with E-state index in [9.17, 15) is 4.21 Å². The van der Waals surface area contributed by atoms with E-state index in [2.05, 4.69) is 24.4 Å². The van der Waals surface area contributed by atoms with Crippen LogP contribution in [-0.4, -0.2) is 28.4 Å². The lowest BCUT2D eigenvalue weighted by Gasteiger charge is -2.40. The molecule has 0 radical (unpaired) electrons. The number of hydrogen-bond donors (Lipinski definition) is 1. The normalized spacial score (nSPS) is 33.4. The summed E-state index contributed by atoms with van der Waals surface area (Å²) in [4.78, 5) is 0. The van der Waals surface area contributed by atoms with Gasteiger partial charge in [-0.3, -0.25) is 4.21 Å². The van der Waals surface area contributed by atoms with E-state index in [1.54, 1.807) is 7.11 Å². The van der Waals surface area contributed by atoms with Crippen LogP contribution >= 0.6 is 0 Å². The van der Waals surface area contributed by atoms with Crippen molar-refractivity contribution >= 4 is 10.8 Å². The van der Waals surface area contributed by atoms with Gasteiger partial charge in [-0.15, -0.1) is 0 Å². The van der Waals surface area contributed by atoms with E-state index in [-0.39, 0.29) is 11.3 Å². The molecule has 1 N–H and O–H groups in total. The second kappa shape index (κ2) is 5.25. The van der Waals surface area contributed by atoms with Crippen molar-refractivity contribution in [2.45, 2.75) is 43.5 Å². The molecule has 2 aliphatic rings. The first-order valence-corrected chi connectivity index (χ1v) is 8.41. The molecule has 4 atom stereocenters. The minimum absolute atomic E-state index is 0.235. The minimum Gasteiger partial charge on any atom is -0.497 e. The number of rotatable bonds is 2. The third-order valence-corrected chi connectivity index (χ3v) is 6.28. The highest BCUT2D eigenvalue weighted by Gasteiger charge is 2.39. The summed E-state index contributed by atoms with van der Waals surface area (Å²) in [6, 6.07) is 6.91. The Morgan fingerprint density at radius 1 is 1.47 bits per heavy atom. The van der Waals surface area contributed by atoms with Gasteiger partial charge in [-0.05, 0) is 42.5 Å². The van der Waals surface area contributed by atoms with E-state index in [0.717, 1.165) is 30.8 Å². The fraction of sp³-hybridized carbons (Fsp3) is 0.600. The smallest absolute Gasteiger partial charge is 0.119 e. The van der Waals surface area contributed by atoms with E-state index in [1.165, 1.54) is 11.1 Å². The molecule has 3 rings (SSSR count). The second-order valence-electron chi connectivity index (χ2n) is 5.44. The molecule has 19 heavy (non-hydrogen) atoms. The van der Waals surface area contributed by atoms with E-state index in [4.69, 9.17) is 4.74 Å². The second-order valence-corrected chi connectivity index (χ2v) is 7.14. The van der Waals surface area contributed by atoms with Crippen LogP contribution in [-0.2, 0) is 17.2 Å². The van der Waals surface area contributed by atoms with Gasteiger partial charge in [-0.2, -0.15) is 0 Å². The minimum atomic E-state index is -0.706. The Hall–Kier alpha value is -0.870. The molecule has 1 saturated heterocycles. The fourth-order valence-electron chi connectivity index (χ4n) is 3.22. The van der Waals surface area contributed by atoms with E-state index in [1.807, 2.05) is 6.07 Å². The Balaban J connectivity index is 1.98. The van der Waals surface area contributed by atoms with Crippen LogP contribution in [0.3, 0.4) is 0 Å². The van der Waals surface area contributed by atoms with Crippen molar-refractivity contribution < 1.29 is 8.95 Å². The lowest BCUT2D eigenvalue weighted by atomic mass is 9.86. The van der Waals surface area contributed by atoms with Crippen LogP contribution < -0.4 is 10.1 Å². The summed E-state index contributed by atoms with van der Waals surface area (Å²) in [5.41, 5.74) is 2.67. The Bertz CT molecular complexity index is 503. The molecule has 1 heterocycles. The number of hydrogen-bond acceptors (Lipinski definition) is 3. The van der Waals surface area contributed by atoms with Crippen molar-refractivity contribution in [1.82, 2.24) is 5.32 Å². The SMILES string of the molecule is CCC1CS(=O)C2CCc3ccc(OC)cc3C2N1. The van der Waals surface area contributed by atoms with Gasteiger partial charge in [-0.25, -0.2) is 0 Å². The highest BCUT2D eigenvalue weighted by atomic mass is 32.2. The number of ether oxygens (including phenoxy) is 1. The zero-order chi connectivity index (χ0) is 13.4. The molecule has 1 aromatic rings. The molecular weight excluding hydrogens is 258 g/mol. The van der Waals surface area contributed by atoms with Crippen molar-refractivity contribution in [2.24, 2.45) is 0 Å². The molecule has 4 heteroatoms. The zero-order valence-electron chi connectivity index (χ0n) is 11.5. The predicted molar refractivity (Wildman–Crippen MR) is 78.1 cm³/mol. The molecule has 104 valence electrons. The van der Waals surface area contributed by atoms with Crippen LogP contribution in [0.15, 0.2) is 18.2 Å². The summed E-state index contributed by atoms with van der Waals surface area (Å²) in [6.45, 7) is 2.16. The number of benzene rings is 1. The van der Waals surface area contributed by atoms with Gasteiger partial charge in [0.1, 0.15) is 5.75 Å². The molecule has 0 saturated carbocycles. The van der Waals surface area contributed by atoms with Crippen molar-refractivity contribution in [3.8, 4) is 5.75 Å². The van der Waals surface area contributed by atoms with Crippen molar-refractivity contribution in [3.63, 3.8) is 0 Å². The first-order chi connectivity index (χ1) is 9.22. The summed E-state index contributed by atoms with van der Waals surface area (Å²) in [5.74, 6) is 1.70. The average Bonchev–Trinajstić information content (AvgIpc) is 2.46. The van der Waals surface area contributed by atoms with Crippen LogP contribution in [0.5, 0.6) is 5.75 Å². The molecule has 4 unspecified atom stereocenters. The first-order valence-electron chi connectivity index (χ1n) is 7.03. The van der Waals surface area contributed by atoms with E-state index < -0.39 is 10.8 Å². The maximum Gasteiger partial charge on any atom is 0.119 e. The van der Waals surface area contributed by atoms with Crippen LogP contribution in [0.1, 0.15) is 36.9 Å². The Morgan fingerprint density at radius 3 is 3.05 bits per heavy atom. The summed E-state index contributed by atoms with van der Waals surface area (Å²) < 4.78 is 17.7. The highest BCUT2D eigenvalue weighted by Crippen LogP contribution is 2.37. The lowest BCUT2D eigenvalue weighted by molar-refractivity contribution is 0.381. The Morgan fingerprint density at radius 2 is 2.32 bits per heavy atom. The molecule has 1 aliphatic heterocycles. The van der Waals surface area contributed by atoms with Crippen LogP contribution in [0.25, 0.3) is 0 Å². The molecule has 3 nitrogen and oxygen atoms in total. The van der Waals surface area contributed by atoms with E-state index in [0.29, 0.717) is 6.04 Å². The molecule has 1 aliphatic carbocycles. The largest absolute Gasteiger partial charge is 0.497 e. The maximum atomic E-state index is 12.4. The Kier molecular flexibility index (Phi) is 3.63. The molecule has 0 bridgehead atoms. The Labute approximate surface area is 117 Å². The van der Waals surface area contributed by atoms with Crippen molar-refractivity contribution in [3.05, 3.63) is 29.3 Å². The summed E-state index contributed by atoms with van der Waals surface area (Å²) in [6.07, 6.45) is 3.10. The van der Waals surface area contributed by atoms with Gasteiger partial charge in [-0.1, -0.05) is 13.0 Å². The van der Waals surface area contributed by atoms with Gasteiger partial charge < -0.3 is 10.1 Å². The van der Waals surface area contributed by atoms with Crippen molar-refractivity contribution in [2.75, 3.05) is 12.9 Å². The molecular formula is C15H21NO2S. The van der Waals surface area contributed by atoms with Gasteiger partial charge in [0.2, 0.25) is 0 Å². The molecule has 0 aromatic heterocycles. The molecule has 0 spiro atoms. The number of nitrogens with one attached hydrogen (secondary N) is 1. The zero-order valence-corrected chi connectivity index (χ0v) is 12.3. The van der Waals surface area contributed by atoms with E-state index >= 15 is 0 Å². The molecule has 0 amide bonds. The van der Waals surface area contributed by atoms with Gasteiger partial charge >= 0.3 is 0 Å². The summed E-state index contributed by atoms with van der Waals surface area (Å²) in [5, 5.41) is 3.96.